The summed E-state index contributed by atoms with van der Waals surface area (Å²) in [5, 5.41) is 3.23. The van der Waals surface area contributed by atoms with Crippen molar-refractivity contribution in [3.05, 3.63) is 23.8 Å². The molecule has 1 aromatic carbocycles. The third kappa shape index (κ3) is 6.01. The Kier molecular flexibility index (Phi) is 7.90. The number of nitrogens with zero attached hydrogens (tertiary/aromatic N) is 2. The Bertz CT molecular complexity index is 593. The molecule has 1 unspecified atom stereocenters. The maximum atomic E-state index is 12.7. The molecule has 1 saturated heterocycles. The standard InChI is InChI=1S/C18H27F2N3O3/c1-4-21-18(23(2)11-13-7-8-25-12-13)22-10-14-5-6-15(24-3)9-16(14)26-17(19)20/h5-6,9,13,17H,4,7-8,10-12H2,1-3H3,(H,21,22). The molecule has 0 aromatic heterocycles. The van der Waals surface area contributed by atoms with Crippen LogP contribution in [0.4, 0.5) is 8.78 Å². The van der Waals surface area contributed by atoms with Crippen LogP contribution in [0.1, 0.15) is 18.9 Å². The van der Waals surface area contributed by atoms with Crippen LogP contribution in [0.3, 0.4) is 0 Å². The lowest BCUT2D eigenvalue weighted by Crippen LogP contribution is -2.41. The first-order valence-electron chi connectivity index (χ1n) is 8.72. The lowest BCUT2D eigenvalue weighted by molar-refractivity contribution is -0.0505. The van der Waals surface area contributed by atoms with Crippen LogP contribution in [0.5, 0.6) is 11.5 Å². The highest BCUT2D eigenvalue weighted by Gasteiger charge is 2.19. The Morgan fingerprint density at radius 3 is 2.88 bits per heavy atom. The second-order valence-corrected chi connectivity index (χ2v) is 6.13. The van der Waals surface area contributed by atoms with E-state index in [4.69, 9.17) is 9.47 Å². The van der Waals surface area contributed by atoms with Gasteiger partial charge in [-0.05, 0) is 25.5 Å². The fourth-order valence-electron chi connectivity index (χ4n) is 2.83. The molecule has 26 heavy (non-hydrogen) atoms. The highest BCUT2D eigenvalue weighted by molar-refractivity contribution is 5.79. The molecule has 0 radical (unpaired) electrons. The summed E-state index contributed by atoms with van der Waals surface area (Å²) in [5.41, 5.74) is 0.569. The molecule has 1 aromatic rings. The average Bonchev–Trinajstić information content (AvgIpc) is 3.11. The Morgan fingerprint density at radius 1 is 1.46 bits per heavy atom. The number of halogens is 2. The molecule has 1 aliphatic rings. The molecule has 2 rings (SSSR count). The Morgan fingerprint density at radius 2 is 2.27 bits per heavy atom. The number of guanidine groups is 1. The highest BCUT2D eigenvalue weighted by Crippen LogP contribution is 2.27. The molecular weight excluding hydrogens is 344 g/mol. The number of hydrogen-bond acceptors (Lipinski definition) is 4. The van der Waals surface area contributed by atoms with Gasteiger partial charge in [-0.25, -0.2) is 4.99 Å². The normalized spacial score (nSPS) is 17.5. The fraction of sp³-hybridized carbons (Fsp3) is 0.611. The molecule has 0 spiro atoms. The smallest absolute Gasteiger partial charge is 0.387 e. The van der Waals surface area contributed by atoms with Crippen molar-refractivity contribution >= 4 is 5.96 Å². The van der Waals surface area contributed by atoms with E-state index in [0.29, 0.717) is 23.8 Å². The first-order chi connectivity index (χ1) is 12.5. The second kappa shape index (κ2) is 10.2. The summed E-state index contributed by atoms with van der Waals surface area (Å²) in [7, 11) is 3.44. The highest BCUT2D eigenvalue weighted by atomic mass is 19.3. The van der Waals surface area contributed by atoms with Crippen LogP contribution < -0.4 is 14.8 Å². The topological polar surface area (TPSA) is 55.3 Å². The van der Waals surface area contributed by atoms with E-state index < -0.39 is 6.61 Å². The quantitative estimate of drug-likeness (QED) is 0.563. The molecule has 1 fully saturated rings. The number of benzene rings is 1. The van der Waals surface area contributed by atoms with E-state index in [2.05, 4.69) is 15.0 Å². The van der Waals surface area contributed by atoms with Crippen molar-refractivity contribution < 1.29 is 23.0 Å². The number of alkyl halides is 2. The predicted molar refractivity (Wildman–Crippen MR) is 96.0 cm³/mol. The van der Waals surface area contributed by atoms with E-state index in [-0.39, 0.29) is 12.3 Å². The number of aliphatic imine (C=N–C) groups is 1. The summed E-state index contributed by atoms with van der Waals surface area (Å²) in [6, 6.07) is 4.84. The van der Waals surface area contributed by atoms with Gasteiger partial charge in [0.15, 0.2) is 5.96 Å². The van der Waals surface area contributed by atoms with Crippen molar-refractivity contribution in [1.82, 2.24) is 10.2 Å². The summed E-state index contributed by atoms with van der Waals surface area (Å²) >= 11 is 0. The lowest BCUT2D eigenvalue weighted by atomic mass is 10.1. The second-order valence-electron chi connectivity index (χ2n) is 6.13. The van der Waals surface area contributed by atoms with Gasteiger partial charge in [0, 0.05) is 44.3 Å². The molecule has 0 bridgehead atoms. The first-order valence-corrected chi connectivity index (χ1v) is 8.72. The molecule has 1 N–H and O–H groups in total. The summed E-state index contributed by atoms with van der Waals surface area (Å²) in [5.74, 6) is 1.73. The van der Waals surface area contributed by atoms with E-state index >= 15 is 0 Å². The Hall–Kier alpha value is -2.09. The molecular formula is C18H27F2N3O3. The van der Waals surface area contributed by atoms with E-state index in [0.717, 1.165) is 32.1 Å². The zero-order valence-corrected chi connectivity index (χ0v) is 15.5. The van der Waals surface area contributed by atoms with Crippen LogP contribution in [-0.4, -0.2) is 57.9 Å². The minimum Gasteiger partial charge on any atom is -0.497 e. The zero-order chi connectivity index (χ0) is 18.9. The molecule has 6 nitrogen and oxygen atoms in total. The van der Waals surface area contributed by atoms with Gasteiger partial charge in [-0.15, -0.1) is 0 Å². The third-order valence-electron chi connectivity index (χ3n) is 4.14. The summed E-state index contributed by atoms with van der Waals surface area (Å²) < 4.78 is 40.5. The van der Waals surface area contributed by atoms with Crippen molar-refractivity contribution in [1.29, 1.82) is 0 Å². The van der Waals surface area contributed by atoms with Gasteiger partial charge in [-0.1, -0.05) is 0 Å². The van der Waals surface area contributed by atoms with Gasteiger partial charge in [-0.3, -0.25) is 0 Å². The van der Waals surface area contributed by atoms with Crippen LogP contribution in [0.25, 0.3) is 0 Å². The number of rotatable bonds is 8. The minimum absolute atomic E-state index is 0.0748. The first kappa shape index (κ1) is 20.2. The van der Waals surface area contributed by atoms with Crippen molar-refractivity contribution in [3.63, 3.8) is 0 Å². The van der Waals surface area contributed by atoms with Crippen molar-refractivity contribution in [3.8, 4) is 11.5 Å². The molecule has 0 saturated carbocycles. The van der Waals surface area contributed by atoms with Gasteiger partial charge in [0.25, 0.3) is 0 Å². The number of hydrogen-bond donors (Lipinski definition) is 1. The van der Waals surface area contributed by atoms with Crippen LogP contribution >= 0.6 is 0 Å². The Balaban J connectivity index is 2.11. The molecule has 1 heterocycles. The van der Waals surface area contributed by atoms with Crippen molar-refractivity contribution in [2.75, 3.05) is 40.5 Å². The van der Waals surface area contributed by atoms with Crippen LogP contribution in [0.15, 0.2) is 23.2 Å². The molecule has 0 aliphatic carbocycles. The largest absolute Gasteiger partial charge is 0.497 e. The SMILES string of the molecule is CCNC(=NCc1ccc(OC)cc1OC(F)F)N(C)CC1CCOC1. The summed E-state index contributed by atoms with van der Waals surface area (Å²) in [6.45, 7) is 2.41. The van der Waals surface area contributed by atoms with E-state index in [1.54, 1.807) is 12.1 Å². The minimum atomic E-state index is -2.90. The third-order valence-corrected chi connectivity index (χ3v) is 4.14. The monoisotopic (exact) mass is 371 g/mol. The summed E-state index contributed by atoms with van der Waals surface area (Å²) in [6.07, 6.45) is 1.04. The van der Waals surface area contributed by atoms with Crippen molar-refractivity contribution in [2.24, 2.45) is 10.9 Å². The zero-order valence-electron chi connectivity index (χ0n) is 15.5. The number of methoxy groups -OCH3 is 1. The average molecular weight is 371 g/mol. The van der Waals surface area contributed by atoms with Gasteiger partial charge >= 0.3 is 6.61 Å². The van der Waals surface area contributed by atoms with E-state index in [1.807, 2.05) is 18.9 Å². The van der Waals surface area contributed by atoms with Crippen molar-refractivity contribution in [2.45, 2.75) is 26.5 Å². The van der Waals surface area contributed by atoms with Gasteiger partial charge in [0.2, 0.25) is 0 Å². The lowest BCUT2D eigenvalue weighted by Gasteiger charge is -2.24. The molecule has 1 aliphatic heterocycles. The molecule has 8 heteroatoms. The maximum Gasteiger partial charge on any atom is 0.387 e. The maximum absolute atomic E-state index is 12.7. The number of ether oxygens (including phenoxy) is 3. The van der Waals surface area contributed by atoms with Gasteiger partial charge in [0.1, 0.15) is 11.5 Å². The van der Waals surface area contributed by atoms with Gasteiger partial charge < -0.3 is 24.4 Å². The molecule has 0 amide bonds. The fourth-order valence-corrected chi connectivity index (χ4v) is 2.83. The Labute approximate surface area is 153 Å². The number of nitrogens with one attached hydrogen (secondary N) is 1. The van der Waals surface area contributed by atoms with Crippen LogP contribution in [-0.2, 0) is 11.3 Å². The predicted octanol–water partition coefficient (Wildman–Crippen LogP) is 2.73. The van der Waals surface area contributed by atoms with Gasteiger partial charge in [0.05, 0.1) is 20.3 Å². The van der Waals surface area contributed by atoms with Crippen LogP contribution in [0.2, 0.25) is 0 Å². The van der Waals surface area contributed by atoms with E-state index in [9.17, 15) is 8.78 Å². The van der Waals surface area contributed by atoms with E-state index in [1.165, 1.54) is 13.2 Å². The summed E-state index contributed by atoms with van der Waals surface area (Å²) in [4.78, 5) is 6.62. The van der Waals surface area contributed by atoms with Crippen LogP contribution in [0, 0.1) is 5.92 Å². The van der Waals surface area contributed by atoms with Gasteiger partial charge in [-0.2, -0.15) is 8.78 Å². The molecule has 146 valence electrons. The molecule has 1 atom stereocenters.